The van der Waals surface area contributed by atoms with E-state index in [9.17, 15) is 14.3 Å². The fourth-order valence-electron chi connectivity index (χ4n) is 2.09. The molecule has 112 valence electrons. The number of nitrogens with one attached hydrogen (secondary N) is 1. The van der Waals surface area contributed by atoms with Gasteiger partial charge in [-0.1, -0.05) is 12.1 Å². The van der Waals surface area contributed by atoms with E-state index in [2.05, 4.69) is 10.3 Å². The highest BCUT2D eigenvalue weighted by Crippen LogP contribution is 2.10. The Labute approximate surface area is 122 Å². The van der Waals surface area contributed by atoms with Gasteiger partial charge in [0.15, 0.2) is 0 Å². The quantitative estimate of drug-likeness (QED) is 0.849. The number of carboxylic acid groups (broad SMARTS) is 1. The molecule has 2 aromatic rings. The Bertz CT molecular complexity index is 640. The summed E-state index contributed by atoms with van der Waals surface area (Å²) < 4.78 is 15.0. The number of carbonyl (C=O) groups is 1. The van der Waals surface area contributed by atoms with E-state index in [1.54, 1.807) is 36.1 Å². The summed E-state index contributed by atoms with van der Waals surface area (Å²) in [5, 5.41) is 12.2. The van der Waals surface area contributed by atoms with Crippen LogP contribution >= 0.6 is 0 Å². The number of halogens is 1. The van der Waals surface area contributed by atoms with Gasteiger partial charge in [0.1, 0.15) is 11.9 Å². The maximum absolute atomic E-state index is 13.2. The first-order valence-corrected chi connectivity index (χ1v) is 6.64. The van der Waals surface area contributed by atoms with Gasteiger partial charge in [-0.2, -0.15) is 0 Å². The van der Waals surface area contributed by atoms with Gasteiger partial charge >= 0.3 is 5.97 Å². The van der Waals surface area contributed by atoms with Crippen molar-refractivity contribution in [2.45, 2.75) is 25.9 Å². The molecule has 6 heteroatoms. The zero-order valence-corrected chi connectivity index (χ0v) is 12.0. The first-order valence-electron chi connectivity index (χ1n) is 6.64. The first kappa shape index (κ1) is 15.2. The van der Waals surface area contributed by atoms with Crippen LogP contribution in [0.3, 0.4) is 0 Å². The lowest BCUT2D eigenvalue weighted by Gasteiger charge is -2.13. The fraction of sp³-hybridized carbons (Fsp3) is 0.333. The Hall–Kier alpha value is -2.21. The molecule has 0 fully saturated rings. The maximum atomic E-state index is 13.2. The standard InChI is InChI=1S/C15H18FN3O2/c1-10-5-11(3-4-13(10)16)7-17-14(15(20)21)6-12-8-19(2)9-18-12/h3-5,8-9,14,17H,6-7H2,1-2H3,(H,20,21)/t14-/m1/s1. The number of hydrogen-bond donors (Lipinski definition) is 2. The lowest BCUT2D eigenvalue weighted by Crippen LogP contribution is -2.38. The van der Waals surface area contributed by atoms with E-state index < -0.39 is 12.0 Å². The molecule has 21 heavy (non-hydrogen) atoms. The van der Waals surface area contributed by atoms with Crippen LogP contribution in [0.5, 0.6) is 0 Å². The third kappa shape index (κ3) is 4.13. The van der Waals surface area contributed by atoms with E-state index >= 15 is 0 Å². The highest BCUT2D eigenvalue weighted by molar-refractivity contribution is 5.73. The molecule has 0 bridgehead atoms. The van der Waals surface area contributed by atoms with Crippen molar-refractivity contribution < 1.29 is 14.3 Å². The summed E-state index contributed by atoms with van der Waals surface area (Å²) in [6, 6.07) is 4.02. The minimum atomic E-state index is -0.931. The third-order valence-electron chi connectivity index (χ3n) is 3.24. The molecule has 0 saturated carbocycles. The van der Waals surface area contributed by atoms with E-state index in [0.29, 0.717) is 24.2 Å². The molecule has 0 radical (unpaired) electrons. The van der Waals surface area contributed by atoms with E-state index in [4.69, 9.17) is 0 Å². The van der Waals surface area contributed by atoms with Gasteiger partial charge < -0.3 is 9.67 Å². The van der Waals surface area contributed by atoms with Crippen molar-refractivity contribution in [1.29, 1.82) is 0 Å². The molecule has 5 nitrogen and oxygen atoms in total. The molecule has 1 aromatic heterocycles. The lowest BCUT2D eigenvalue weighted by atomic mass is 10.1. The monoisotopic (exact) mass is 291 g/mol. The van der Waals surface area contributed by atoms with Gasteiger partial charge in [0.2, 0.25) is 0 Å². The highest BCUT2D eigenvalue weighted by Gasteiger charge is 2.18. The minimum absolute atomic E-state index is 0.262. The van der Waals surface area contributed by atoms with Gasteiger partial charge in [0.05, 0.1) is 12.0 Å². The van der Waals surface area contributed by atoms with Crippen LogP contribution in [0.25, 0.3) is 0 Å². The second-order valence-electron chi connectivity index (χ2n) is 5.09. The van der Waals surface area contributed by atoms with Crippen LogP contribution in [0, 0.1) is 12.7 Å². The fourth-order valence-corrected chi connectivity index (χ4v) is 2.09. The van der Waals surface area contributed by atoms with Crippen molar-refractivity contribution in [2.75, 3.05) is 0 Å². The van der Waals surface area contributed by atoms with Crippen molar-refractivity contribution in [2.24, 2.45) is 7.05 Å². The predicted octanol–water partition coefficient (Wildman–Crippen LogP) is 1.65. The van der Waals surface area contributed by atoms with E-state index in [-0.39, 0.29) is 5.82 Å². The van der Waals surface area contributed by atoms with E-state index in [1.165, 1.54) is 6.07 Å². The molecule has 0 spiro atoms. The molecule has 0 unspecified atom stereocenters. The highest BCUT2D eigenvalue weighted by atomic mass is 19.1. The van der Waals surface area contributed by atoms with E-state index in [1.807, 2.05) is 7.05 Å². The van der Waals surface area contributed by atoms with Crippen molar-refractivity contribution in [3.05, 3.63) is 53.4 Å². The topological polar surface area (TPSA) is 67.2 Å². The molecule has 0 aliphatic heterocycles. The predicted molar refractivity (Wildman–Crippen MR) is 76.3 cm³/mol. The normalized spacial score (nSPS) is 12.3. The summed E-state index contributed by atoms with van der Waals surface area (Å²) in [4.78, 5) is 15.4. The number of aryl methyl sites for hydroxylation is 2. The summed E-state index contributed by atoms with van der Waals surface area (Å²) in [6.07, 6.45) is 3.73. The second kappa shape index (κ2) is 6.49. The number of carboxylic acids is 1. The Balaban J connectivity index is 1.99. The molecular formula is C15H18FN3O2. The largest absolute Gasteiger partial charge is 0.480 e. The molecule has 2 rings (SSSR count). The van der Waals surface area contributed by atoms with Crippen molar-refractivity contribution in [3.8, 4) is 0 Å². The summed E-state index contributed by atoms with van der Waals surface area (Å²) in [7, 11) is 1.83. The van der Waals surface area contributed by atoms with Crippen LogP contribution < -0.4 is 5.32 Å². The number of rotatable bonds is 6. The van der Waals surface area contributed by atoms with Gasteiger partial charge in [-0.15, -0.1) is 0 Å². The number of imidazole rings is 1. The smallest absolute Gasteiger partial charge is 0.321 e. The average molecular weight is 291 g/mol. The molecule has 0 amide bonds. The van der Waals surface area contributed by atoms with Crippen LogP contribution in [0.15, 0.2) is 30.7 Å². The van der Waals surface area contributed by atoms with Gasteiger partial charge in [-0.25, -0.2) is 9.37 Å². The Kier molecular flexibility index (Phi) is 4.70. The Morgan fingerprint density at radius 3 is 2.86 bits per heavy atom. The SMILES string of the molecule is Cc1cc(CN[C@H](Cc2cn(C)cn2)C(=O)O)ccc1F. The van der Waals surface area contributed by atoms with Crippen LogP contribution in [0.1, 0.15) is 16.8 Å². The molecule has 0 saturated heterocycles. The molecular weight excluding hydrogens is 273 g/mol. The van der Waals surface area contributed by atoms with Gasteiger partial charge in [0, 0.05) is 26.2 Å². The first-order chi connectivity index (χ1) is 9.95. The summed E-state index contributed by atoms with van der Waals surface area (Å²) in [6.45, 7) is 2.05. The zero-order chi connectivity index (χ0) is 15.4. The van der Waals surface area contributed by atoms with Crippen molar-refractivity contribution in [3.63, 3.8) is 0 Å². The van der Waals surface area contributed by atoms with Crippen LogP contribution in [-0.2, 0) is 24.8 Å². The molecule has 0 aliphatic carbocycles. The third-order valence-corrected chi connectivity index (χ3v) is 3.24. The summed E-state index contributed by atoms with van der Waals surface area (Å²) in [5.41, 5.74) is 2.11. The summed E-state index contributed by atoms with van der Waals surface area (Å²) in [5.74, 6) is -1.19. The average Bonchev–Trinajstić information content (AvgIpc) is 2.83. The van der Waals surface area contributed by atoms with Crippen LogP contribution in [-0.4, -0.2) is 26.7 Å². The molecule has 2 N–H and O–H groups in total. The number of aromatic nitrogens is 2. The summed E-state index contributed by atoms with van der Waals surface area (Å²) >= 11 is 0. The van der Waals surface area contributed by atoms with Crippen molar-refractivity contribution in [1.82, 2.24) is 14.9 Å². The lowest BCUT2D eigenvalue weighted by molar-refractivity contribution is -0.139. The van der Waals surface area contributed by atoms with Gasteiger partial charge in [-0.05, 0) is 24.1 Å². The second-order valence-corrected chi connectivity index (χ2v) is 5.09. The van der Waals surface area contributed by atoms with Crippen LogP contribution in [0.2, 0.25) is 0 Å². The maximum Gasteiger partial charge on any atom is 0.321 e. The number of hydrogen-bond acceptors (Lipinski definition) is 3. The molecule has 1 atom stereocenters. The van der Waals surface area contributed by atoms with Crippen molar-refractivity contribution >= 4 is 5.97 Å². The van der Waals surface area contributed by atoms with E-state index in [0.717, 1.165) is 5.56 Å². The van der Waals surface area contributed by atoms with Gasteiger partial charge in [-0.3, -0.25) is 10.1 Å². The number of nitrogens with zero attached hydrogens (tertiary/aromatic N) is 2. The molecule has 1 aromatic carbocycles. The number of aliphatic carboxylic acids is 1. The minimum Gasteiger partial charge on any atom is -0.480 e. The van der Waals surface area contributed by atoms with Gasteiger partial charge in [0.25, 0.3) is 0 Å². The zero-order valence-electron chi connectivity index (χ0n) is 12.0. The Morgan fingerprint density at radius 1 is 1.52 bits per heavy atom. The Morgan fingerprint density at radius 2 is 2.29 bits per heavy atom. The molecule has 0 aliphatic rings. The molecule has 1 heterocycles. The number of benzene rings is 1. The van der Waals surface area contributed by atoms with Crippen LogP contribution in [0.4, 0.5) is 4.39 Å².